The maximum Gasteiger partial charge on any atom is 0.163 e. The summed E-state index contributed by atoms with van der Waals surface area (Å²) in [6.45, 7) is 3.91. The molecule has 2 fully saturated rings. The fraction of sp³-hybridized carbons (Fsp3) is 0.600. The number of anilines is 1. The van der Waals surface area contributed by atoms with Gasteiger partial charge in [-0.2, -0.15) is 9.61 Å². The van der Waals surface area contributed by atoms with Crippen molar-refractivity contribution in [2.45, 2.75) is 44.3 Å². The zero-order valence-corrected chi connectivity index (χ0v) is 14.5. The van der Waals surface area contributed by atoms with Crippen LogP contribution in [0.4, 0.5) is 5.82 Å². The molecule has 8 heteroatoms. The molecule has 2 aromatic rings. The van der Waals surface area contributed by atoms with E-state index in [1.807, 2.05) is 26.0 Å². The number of rotatable bonds is 3. The van der Waals surface area contributed by atoms with E-state index in [0.29, 0.717) is 0 Å². The first-order valence-electron chi connectivity index (χ1n) is 7.70. The molecule has 124 valence electrons. The highest BCUT2D eigenvalue weighted by molar-refractivity contribution is 9.10. The molecule has 2 aliphatic rings. The first-order chi connectivity index (χ1) is 11.0. The predicted molar refractivity (Wildman–Crippen MR) is 87.1 cm³/mol. The third kappa shape index (κ3) is 2.63. The number of nitrogens with zero attached hydrogens (tertiary/aromatic N) is 3. The molecule has 0 radical (unpaired) electrons. The van der Waals surface area contributed by atoms with E-state index in [1.54, 1.807) is 10.7 Å². The van der Waals surface area contributed by atoms with E-state index in [-0.39, 0.29) is 30.8 Å². The van der Waals surface area contributed by atoms with Gasteiger partial charge in [-0.1, -0.05) is 0 Å². The number of hydrogen-bond donors (Lipinski definition) is 2. The Hall–Kier alpha value is -1.22. The molecule has 4 rings (SSSR count). The smallest absolute Gasteiger partial charge is 0.163 e. The van der Waals surface area contributed by atoms with E-state index in [9.17, 15) is 5.11 Å². The molecule has 0 amide bonds. The zero-order valence-electron chi connectivity index (χ0n) is 12.9. The van der Waals surface area contributed by atoms with E-state index < -0.39 is 5.79 Å². The van der Waals surface area contributed by atoms with Gasteiger partial charge < -0.3 is 19.9 Å². The van der Waals surface area contributed by atoms with Crippen LogP contribution in [-0.4, -0.2) is 50.3 Å². The van der Waals surface area contributed by atoms with Crippen molar-refractivity contribution in [2.75, 3.05) is 11.9 Å². The predicted octanol–water partition coefficient (Wildman–Crippen LogP) is 1.80. The van der Waals surface area contributed by atoms with Gasteiger partial charge in [0, 0.05) is 24.8 Å². The van der Waals surface area contributed by atoms with E-state index in [2.05, 4.69) is 31.3 Å². The molecule has 1 saturated heterocycles. The summed E-state index contributed by atoms with van der Waals surface area (Å²) in [6.07, 6.45) is 2.35. The van der Waals surface area contributed by atoms with Gasteiger partial charge in [-0.25, -0.2) is 4.98 Å². The highest BCUT2D eigenvalue weighted by Gasteiger charge is 2.53. The maximum absolute atomic E-state index is 9.65. The van der Waals surface area contributed by atoms with Gasteiger partial charge in [0.2, 0.25) is 0 Å². The van der Waals surface area contributed by atoms with Crippen molar-refractivity contribution in [2.24, 2.45) is 5.92 Å². The average Bonchev–Trinajstić information content (AvgIpc) is 3.10. The molecule has 0 aromatic carbocycles. The zero-order chi connectivity index (χ0) is 16.2. The fourth-order valence-electron chi connectivity index (χ4n) is 3.57. The van der Waals surface area contributed by atoms with Gasteiger partial charge >= 0.3 is 0 Å². The maximum atomic E-state index is 9.65. The molecular weight excluding hydrogens is 364 g/mol. The molecule has 1 aliphatic carbocycles. The lowest BCUT2D eigenvalue weighted by molar-refractivity contribution is -0.158. The molecule has 0 bridgehead atoms. The molecule has 2 N–H and O–H groups in total. The minimum Gasteiger partial charge on any atom is -0.396 e. The number of aromatic nitrogens is 3. The van der Waals surface area contributed by atoms with Crippen LogP contribution in [0.3, 0.4) is 0 Å². The largest absolute Gasteiger partial charge is 0.396 e. The van der Waals surface area contributed by atoms with E-state index in [0.717, 1.165) is 22.5 Å². The van der Waals surface area contributed by atoms with Crippen LogP contribution in [0.1, 0.15) is 20.3 Å². The molecular formula is C15H19BrN4O3. The second-order valence-corrected chi connectivity index (χ2v) is 7.37. The molecule has 1 saturated carbocycles. The van der Waals surface area contributed by atoms with Crippen LogP contribution in [0.15, 0.2) is 22.9 Å². The van der Waals surface area contributed by atoms with Gasteiger partial charge in [0.25, 0.3) is 0 Å². The highest BCUT2D eigenvalue weighted by atomic mass is 79.9. The first kappa shape index (κ1) is 15.3. The summed E-state index contributed by atoms with van der Waals surface area (Å²) in [5, 5.41) is 17.5. The van der Waals surface area contributed by atoms with Gasteiger partial charge in [-0.15, -0.1) is 0 Å². The SMILES string of the molecule is CC1(C)O[C@@H]2[C@@H](CO)C[C@H](Nc3ccnc4cc(Br)nn34)[C@@H]2O1. The van der Waals surface area contributed by atoms with Crippen molar-refractivity contribution in [1.29, 1.82) is 0 Å². The van der Waals surface area contributed by atoms with Gasteiger partial charge in [0.15, 0.2) is 11.4 Å². The van der Waals surface area contributed by atoms with Crippen LogP contribution in [0.2, 0.25) is 0 Å². The Labute approximate surface area is 142 Å². The minimum atomic E-state index is -0.620. The number of nitrogens with one attached hydrogen (secondary N) is 1. The van der Waals surface area contributed by atoms with E-state index in [1.165, 1.54) is 0 Å². The first-order valence-corrected chi connectivity index (χ1v) is 8.49. The molecule has 1 aliphatic heterocycles. The van der Waals surface area contributed by atoms with Crippen LogP contribution in [0.25, 0.3) is 5.65 Å². The lowest BCUT2D eigenvalue weighted by Gasteiger charge is -2.24. The van der Waals surface area contributed by atoms with Crippen molar-refractivity contribution >= 4 is 27.4 Å². The van der Waals surface area contributed by atoms with Gasteiger partial charge in [0.1, 0.15) is 16.5 Å². The lowest BCUT2D eigenvalue weighted by Crippen LogP contribution is -2.35. The topological polar surface area (TPSA) is 80.9 Å². The molecule has 23 heavy (non-hydrogen) atoms. The summed E-state index contributed by atoms with van der Waals surface area (Å²) in [7, 11) is 0. The summed E-state index contributed by atoms with van der Waals surface area (Å²) in [6, 6.07) is 3.79. The summed E-state index contributed by atoms with van der Waals surface area (Å²) >= 11 is 3.37. The van der Waals surface area contributed by atoms with Crippen molar-refractivity contribution in [3.63, 3.8) is 0 Å². The molecule has 7 nitrogen and oxygen atoms in total. The Morgan fingerprint density at radius 2 is 2.22 bits per heavy atom. The van der Waals surface area contributed by atoms with Crippen LogP contribution in [0, 0.1) is 5.92 Å². The van der Waals surface area contributed by atoms with Gasteiger partial charge in [-0.3, -0.25) is 0 Å². The van der Waals surface area contributed by atoms with Crippen molar-refractivity contribution < 1.29 is 14.6 Å². The number of ether oxygens (including phenoxy) is 2. The normalized spacial score (nSPS) is 32.3. The Morgan fingerprint density at radius 1 is 1.43 bits per heavy atom. The molecule has 0 spiro atoms. The van der Waals surface area contributed by atoms with Crippen LogP contribution in [0.5, 0.6) is 0 Å². The van der Waals surface area contributed by atoms with E-state index in [4.69, 9.17) is 9.47 Å². The number of aliphatic hydroxyl groups excluding tert-OH is 1. The number of hydrogen-bond acceptors (Lipinski definition) is 6. The Balaban J connectivity index is 1.63. The summed E-state index contributed by atoms with van der Waals surface area (Å²) in [5.41, 5.74) is 0.763. The second kappa shape index (κ2) is 5.41. The average molecular weight is 383 g/mol. The highest BCUT2D eigenvalue weighted by Crippen LogP contribution is 2.42. The summed E-state index contributed by atoms with van der Waals surface area (Å²) < 4.78 is 14.5. The van der Waals surface area contributed by atoms with Gasteiger partial charge in [0.05, 0.1) is 12.1 Å². The Morgan fingerprint density at radius 3 is 3.00 bits per heavy atom. The van der Waals surface area contributed by atoms with E-state index >= 15 is 0 Å². The van der Waals surface area contributed by atoms with Crippen molar-refractivity contribution in [3.05, 3.63) is 22.9 Å². The van der Waals surface area contributed by atoms with Gasteiger partial charge in [-0.05, 0) is 42.3 Å². The molecule has 4 atom stereocenters. The van der Waals surface area contributed by atoms with Crippen LogP contribution < -0.4 is 5.32 Å². The van der Waals surface area contributed by atoms with Crippen molar-refractivity contribution in [1.82, 2.24) is 14.6 Å². The monoisotopic (exact) mass is 382 g/mol. The number of fused-ring (bicyclic) bond motifs is 2. The Kier molecular flexibility index (Phi) is 3.60. The quantitative estimate of drug-likeness (QED) is 0.842. The van der Waals surface area contributed by atoms with Crippen LogP contribution in [-0.2, 0) is 9.47 Å². The fourth-order valence-corrected chi connectivity index (χ4v) is 3.94. The summed E-state index contributed by atoms with van der Waals surface area (Å²) in [5.74, 6) is 0.295. The summed E-state index contributed by atoms with van der Waals surface area (Å²) in [4.78, 5) is 4.29. The lowest BCUT2D eigenvalue weighted by atomic mass is 10.1. The third-order valence-corrected chi connectivity index (χ3v) is 4.86. The third-order valence-electron chi connectivity index (χ3n) is 4.48. The molecule has 0 unspecified atom stereocenters. The number of halogens is 1. The Bertz CT molecular complexity index is 735. The number of aliphatic hydroxyl groups is 1. The van der Waals surface area contributed by atoms with Crippen LogP contribution >= 0.6 is 15.9 Å². The molecule has 2 aromatic heterocycles. The van der Waals surface area contributed by atoms with Crippen molar-refractivity contribution in [3.8, 4) is 0 Å². The molecule has 3 heterocycles. The second-order valence-electron chi connectivity index (χ2n) is 6.56. The minimum absolute atomic E-state index is 0.0486. The standard InChI is InChI=1S/C15H19BrN4O3/c1-15(2)22-13-8(7-21)5-9(14(13)23-15)18-11-3-4-17-12-6-10(16)19-20(11)12/h3-4,6,8-9,13-14,18,21H,5,7H2,1-2H3/t8-,9+,13-,14+/m1/s1.